The van der Waals surface area contributed by atoms with Crippen molar-refractivity contribution in [3.63, 3.8) is 0 Å². The smallest absolute Gasteiger partial charge is 0.125 e. The molecule has 1 aliphatic heterocycles. The first-order valence-corrected chi connectivity index (χ1v) is 6.67. The second-order valence-electron chi connectivity index (χ2n) is 5.16. The summed E-state index contributed by atoms with van der Waals surface area (Å²) < 4.78 is 0. The van der Waals surface area contributed by atoms with Gasteiger partial charge >= 0.3 is 0 Å². The molecule has 2 aliphatic rings. The Morgan fingerprint density at radius 2 is 2.06 bits per heavy atom. The Balaban J connectivity index is 1.61. The lowest BCUT2D eigenvalue weighted by Gasteiger charge is -2.25. The molecule has 0 saturated heterocycles. The van der Waals surface area contributed by atoms with Gasteiger partial charge in [0.05, 0.1) is 5.71 Å². The van der Waals surface area contributed by atoms with E-state index in [2.05, 4.69) is 35.5 Å². The predicted molar refractivity (Wildman–Crippen MR) is 69.0 cm³/mol. The molecule has 0 spiro atoms. The molecule has 0 bridgehead atoms. The molecule has 0 unspecified atom stereocenters. The van der Waals surface area contributed by atoms with E-state index in [0.29, 0.717) is 11.8 Å². The van der Waals surface area contributed by atoms with Crippen molar-refractivity contribution in [1.82, 2.24) is 0 Å². The van der Waals surface area contributed by atoms with Crippen molar-refractivity contribution in [2.75, 3.05) is 6.61 Å². The van der Waals surface area contributed by atoms with Crippen LogP contribution in [0.5, 0.6) is 0 Å². The van der Waals surface area contributed by atoms with Crippen LogP contribution in [-0.2, 0) is 11.3 Å². The number of aryl methyl sites for hydroxylation is 1. The minimum Gasteiger partial charge on any atom is -0.395 e. The molecule has 1 fully saturated rings. The lowest BCUT2D eigenvalue weighted by Crippen LogP contribution is -2.27. The van der Waals surface area contributed by atoms with Crippen LogP contribution in [0.1, 0.15) is 31.2 Å². The summed E-state index contributed by atoms with van der Waals surface area (Å²) in [5.41, 5.74) is 2.79. The molecular weight excluding hydrogens is 210 g/mol. The summed E-state index contributed by atoms with van der Waals surface area (Å²) in [4.78, 5) is 5.26. The highest BCUT2D eigenvalue weighted by molar-refractivity contribution is 5.90. The van der Waals surface area contributed by atoms with Gasteiger partial charge in [0.2, 0.25) is 0 Å². The normalized spacial score (nSPS) is 27.2. The lowest BCUT2D eigenvalue weighted by molar-refractivity contribution is 0.152. The van der Waals surface area contributed by atoms with E-state index in [-0.39, 0.29) is 0 Å². The second-order valence-corrected chi connectivity index (χ2v) is 5.16. The molecular formula is C15H19NO. The van der Waals surface area contributed by atoms with Gasteiger partial charge in [0, 0.05) is 11.8 Å². The molecule has 1 saturated carbocycles. The van der Waals surface area contributed by atoms with E-state index >= 15 is 0 Å². The summed E-state index contributed by atoms with van der Waals surface area (Å²) in [6.45, 7) is 0.831. The fourth-order valence-corrected chi connectivity index (χ4v) is 3.04. The third-order valence-corrected chi connectivity index (χ3v) is 4.01. The van der Waals surface area contributed by atoms with Crippen molar-refractivity contribution in [1.29, 1.82) is 0 Å². The average molecular weight is 229 g/mol. The predicted octanol–water partition coefficient (Wildman–Crippen LogP) is 3.42. The molecule has 1 heterocycles. The van der Waals surface area contributed by atoms with Gasteiger partial charge in [-0.15, -0.1) is 0 Å². The molecule has 2 nitrogen and oxygen atoms in total. The maximum atomic E-state index is 5.26. The molecule has 0 amide bonds. The first-order valence-electron chi connectivity index (χ1n) is 6.67. The molecule has 1 aromatic rings. The molecule has 0 aromatic heterocycles. The molecule has 0 radical (unpaired) electrons. The van der Waals surface area contributed by atoms with Crippen LogP contribution in [0.4, 0.5) is 0 Å². The van der Waals surface area contributed by atoms with Gasteiger partial charge in [0.15, 0.2) is 0 Å². The van der Waals surface area contributed by atoms with Gasteiger partial charge in [-0.1, -0.05) is 41.9 Å². The highest BCUT2D eigenvalue weighted by atomic mass is 16.6. The molecule has 2 heteroatoms. The summed E-state index contributed by atoms with van der Waals surface area (Å²) in [7, 11) is 0. The highest BCUT2D eigenvalue weighted by Crippen LogP contribution is 2.33. The SMILES string of the molecule is c1ccc(CC[C@@H]2CCC[C@@H]3CON=C23)cc1. The van der Waals surface area contributed by atoms with Gasteiger partial charge in [0.25, 0.3) is 0 Å². The molecule has 0 N–H and O–H groups in total. The van der Waals surface area contributed by atoms with Crippen molar-refractivity contribution >= 4 is 5.71 Å². The van der Waals surface area contributed by atoms with Gasteiger partial charge < -0.3 is 4.84 Å². The van der Waals surface area contributed by atoms with Gasteiger partial charge in [0.1, 0.15) is 6.61 Å². The first-order chi connectivity index (χ1) is 8.43. The zero-order valence-corrected chi connectivity index (χ0v) is 10.1. The molecule has 1 aromatic carbocycles. The van der Waals surface area contributed by atoms with Crippen molar-refractivity contribution in [2.45, 2.75) is 32.1 Å². The van der Waals surface area contributed by atoms with Crippen LogP contribution in [0.2, 0.25) is 0 Å². The van der Waals surface area contributed by atoms with Crippen molar-refractivity contribution in [2.24, 2.45) is 17.0 Å². The Kier molecular flexibility index (Phi) is 3.12. The fraction of sp³-hybridized carbons (Fsp3) is 0.533. The summed E-state index contributed by atoms with van der Waals surface area (Å²) in [5, 5.41) is 4.27. The minimum absolute atomic E-state index is 0.629. The largest absolute Gasteiger partial charge is 0.395 e. The fourth-order valence-electron chi connectivity index (χ4n) is 3.04. The van der Waals surface area contributed by atoms with E-state index in [1.807, 2.05) is 0 Å². The Labute approximate surface area is 103 Å². The summed E-state index contributed by atoms with van der Waals surface area (Å²) in [6, 6.07) is 10.7. The number of hydrogen-bond donors (Lipinski definition) is 0. The maximum Gasteiger partial charge on any atom is 0.125 e. The van der Waals surface area contributed by atoms with Crippen LogP contribution in [0, 0.1) is 11.8 Å². The lowest BCUT2D eigenvalue weighted by atomic mass is 9.78. The Morgan fingerprint density at radius 3 is 2.94 bits per heavy atom. The standard InChI is InChI=1S/C15H19NO/c1-2-5-12(6-3-1)9-10-13-7-4-8-14-11-17-16-15(13)14/h1-3,5-6,13-14H,4,7-11H2/t13-,14+/m0/s1. The third-order valence-electron chi connectivity index (χ3n) is 4.01. The highest BCUT2D eigenvalue weighted by Gasteiger charge is 2.33. The summed E-state index contributed by atoms with van der Waals surface area (Å²) >= 11 is 0. The minimum atomic E-state index is 0.629. The summed E-state index contributed by atoms with van der Waals surface area (Å²) in [6.07, 6.45) is 6.30. The van der Waals surface area contributed by atoms with E-state index in [0.717, 1.165) is 13.0 Å². The topological polar surface area (TPSA) is 21.6 Å². The molecule has 90 valence electrons. The van der Waals surface area contributed by atoms with Crippen LogP contribution in [0.3, 0.4) is 0 Å². The van der Waals surface area contributed by atoms with Crippen molar-refractivity contribution < 1.29 is 4.84 Å². The number of fused-ring (bicyclic) bond motifs is 1. The molecule has 1 aliphatic carbocycles. The van der Waals surface area contributed by atoms with Crippen molar-refractivity contribution in [3.05, 3.63) is 35.9 Å². The van der Waals surface area contributed by atoms with Gasteiger partial charge in [-0.05, 0) is 31.2 Å². The van der Waals surface area contributed by atoms with E-state index in [1.54, 1.807) is 0 Å². The number of nitrogens with zero attached hydrogens (tertiary/aromatic N) is 1. The Hall–Kier alpha value is -1.31. The number of oxime groups is 1. The Bertz CT molecular complexity index is 399. The quantitative estimate of drug-likeness (QED) is 0.778. The van der Waals surface area contributed by atoms with Gasteiger partial charge in [-0.25, -0.2) is 0 Å². The van der Waals surface area contributed by atoms with E-state index in [9.17, 15) is 0 Å². The monoisotopic (exact) mass is 229 g/mol. The summed E-state index contributed by atoms with van der Waals surface area (Å²) in [5.74, 6) is 1.29. The molecule has 17 heavy (non-hydrogen) atoms. The van der Waals surface area contributed by atoms with E-state index in [1.165, 1.54) is 37.0 Å². The zero-order chi connectivity index (χ0) is 11.5. The molecule has 3 rings (SSSR count). The molecule has 2 atom stereocenters. The van der Waals surface area contributed by atoms with Gasteiger partial charge in [-0.3, -0.25) is 0 Å². The van der Waals surface area contributed by atoms with E-state index < -0.39 is 0 Å². The number of benzene rings is 1. The zero-order valence-electron chi connectivity index (χ0n) is 10.1. The van der Waals surface area contributed by atoms with Crippen LogP contribution >= 0.6 is 0 Å². The van der Waals surface area contributed by atoms with Crippen LogP contribution in [0.15, 0.2) is 35.5 Å². The van der Waals surface area contributed by atoms with Crippen LogP contribution < -0.4 is 0 Å². The van der Waals surface area contributed by atoms with Crippen molar-refractivity contribution in [3.8, 4) is 0 Å². The van der Waals surface area contributed by atoms with E-state index in [4.69, 9.17) is 4.84 Å². The van der Waals surface area contributed by atoms with Crippen LogP contribution in [0.25, 0.3) is 0 Å². The average Bonchev–Trinajstić information content (AvgIpc) is 2.86. The second kappa shape index (κ2) is 4.91. The Morgan fingerprint density at radius 1 is 1.18 bits per heavy atom. The first kappa shape index (κ1) is 10.8. The van der Waals surface area contributed by atoms with Crippen LogP contribution in [-0.4, -0.2) is 12.3 Å². The van der Waals surface area contributed by atoms with Gasteiger partial charge in [-0.2, -0.15) is 0 Å². The third kappa shape index (κ3) is 2.36. The maximum absolute atomic E-state index is 5.26. The number of rotatable bonds is 3. The number of hydrogen-bond acceptors (Lipinski definition) is 2.